The third-order valence-corrected chi connectivity index (χ3v) is 6.90. The Bertz CT molecular complexity index is 1070. The molecule has 0 radical (unpaired) electrons. The van der Waals surface area contributed by atoms with E-state index in [1.165, 1.54) is 10.6 Å². The molecule has 0 atom stereocenters. The van der Waals surface area contributed by atoms with E-state index in [0.29, 0.717) is 56.1 Å². The second-order valence-electron chi connectivity index (χ2n) is 7.63. The van der Waals surface area contributed by atoms with Gasteiger partial charge in [0.1, 0.15) is 11.0 Å². The summed E-state index contributed by atoms with van der Waals surface area (Å²) < 4.78 is 30.0. The maximum Gasteiger partial charge on any atom is 0.253 e. The van der Waals surface area contributed by atoms with E-state index in [4.69, 9.17) is 16.3 Å². The van der Waals surface area contributed by atoms with Crippen LogP contribution in [0.3, 0.4) is 0 Å². The van der Waals surface area contributed by atoms with E-state index in [9.17, 15) is 13.2 Å². The van der Waals surface area contributed by atoms with Crippen molar-refractivity contribution in [2.45, 2.75) is 0 Å². The van der Waals surface area contributed by atoms with E-state index in [0.717, 1.165) is 24.6 Å². The summed E-state index contributed by atoms with van der Waals surface area (Å²) in [6.07, 6.45) is 1.18. The average molecular weight is 481 g/mol. The van der Waals surface area contributed by atoms with Crippen molar-refractivity contribution in [1.29, 1.82) is 0 Å². The molecule has 1 amide bonds. The van der Waals surface area contributed by atoms with Crippen LogP contribution in [-0.4, -0.2) is 92.2 Å². The van der Waals surface area contributed by atoms with Crippen LogP contribution in [0.5, 0.6) is 0 Å². The number of nitrogens with zero attached hydrogens (tertiary/aromatic N) is 5. The molecule has 0 saturated carbocycles. The van der Waals surface area contributed by atoms with Gasteiger partial charge in [-0.15, -0.1) is 0 Å². The van der Waals surface area contributed by atoms with E-state index in [-0.39, 0.29) is 5.91 Å². The molecule has 10 nitrogen and oxygen atoms in total. The highest BCUT2D eigenvalue weighted by Gasteiger charge is 2.26. The van der Waals surface area contributed by atoms with Crippen molar-refractivity contribution in [3.05, 3.63) is 41.0 Å². The molecule has 1 aromatic carbocycles. The summed E-state index contributed by atoms with van der Waals surface area (Å²) in [6, 6.07) is 8.72. The van der Waals surface area contributed by atoms with Crippen molar-refractivity contribution >= 4 is 45.0 Å². The molecular weight excluding hydrogens is 456 g/mol. The number of anilines is 3. The molecule has 172 valence electrons. The molecule has 0 bridgehead atoms. The number of hydrogen-bond acceptors (Lipinski definition) is 8. The topological polar surface area (TPSA) is 108 Å². The maximum atomic E-state index is 12.8. The molecule has 32 heavy (non-hydrogen) atoms. The number of rotatable bonds is 5. The van der Waals surface area contributed by atoms with Crippen LogP contribution in [0.15, 0.2) is 30.3 Å². The van der Waals surface area contributed by atoms with Crippen LogP contribution < -0.4 is 10.2 Å². The Labute approximate surface area is 192 Å². The van der Waals surface area contributed by atoms with Gasteiger partial charge in [-0.05, 0) is 24.3 Å². The van der Waals surface area contributed by atoms with Gasteiger partial charge in [-0.1, -0.05) is 11.6 Å². The first-order valence-corrected chi connectivity index (χ1v) is 12.5. The van der Waals surface area contributed by atoms with Crippen LogP contribution in [0, 0.1) is 0 Å². The molecule has 2 aliphatic rings. The van der Waals surface area contributed by atoms with Gasteiger partial charge in [0.25, 0.3) is 5.91 Å². The fourth-order valence-electron chi connectivity index (χ4n) is 3.65. The maximum absolute atomic E-state index is 12.8. The number of morpholine rings is 1. The molecule has 1 N–H and O–H groups in total. The standard InChI is InChI=1S/C20H25ClN6O4S/c1-32(29,30)27-8-6-26(7-9-27)19(28)15-2-4-16(5-3-15)22-20-23-17(21)14-18(24-20)25-10-12-31-13-11-25/h2-5,14H,6-13H2,1H3,(H,22,23,24). The third-order valence-electron chi connectivity index (χ3n) is 5.40. The molecule has 4 rings (SSSR count). The second kappa shape index (κ2) is 9.57. The lowest BCUT2D eigenvalue weighted by atomic mass is 10.1. The Morgan fingerprint density at radius 1 is 1.03 bits per heavy atom. The van der Waals surface area contributed by atoms with Gasteiger partial charge in [-0.2, -0.15) is 9.29 Å². The minimum Gasteiger partial charge on any atom is -0.378 e. The van der Waals surface area contributed by atoms with Crippen molar-refractivity contribution in [3.8, 4) is 0 Å². The Kier molecular flexibility index (Phi) is 6.79. The first-order chi connectivity index (χ1) is 15.3. The van der Waals surface area contributed by atoms with Gasteiger partial charge in [0, 0.05) is 56.6 Å². The predicted molar refractivity (Wildman–Crippen MR) is 122 cm³/mol. The van der Waals surface area contributed by atoms with E-state index in [1.807, 2.05) is 0 Å². The highest BCUT2D eigenvalue weighted by Crippen LogP contribution is 2.22. The largest absolute Gasteiger partial charge is 0.378 e. The molecule has 0 aliphatic carbocycles. The summed E-state index contributed by atoms with van der Waals surface area (Å²) in [7, 11) is -3.23. The van der Waals surface area contributed by atoms with Crippen LogP contribution >= 0.6 is 11.6 Å². The van der Waals surface area contributed by atoms with Gasteiger partial charge >= 0.3 is 0 Å². The van der Waals surface area contributed by atoms with E-state index < -0.39 is 10.0 Å². The van der Waals surface area contributed by atoms with Crippen molar-refractivity contribution < 1.29 is 17.9 Å². The number of ether oxygens (including phenoxy) is 1. The number of nitrogens with one attached hydrogen (secondary N) is 1. The number of carbonyl (C=O) groups excluding carboxylic acids is 1. The van der Waals surface area contributed by atoms with Crippen LogP contribution in [0.25, 0.3) is 0 Å². The molecule has 12 heteroatoms. The molecular formula is C20H25ClN6O4S. The summed E-state index contributed by atoms with van der Waals surface area (Å²) >= 11 is 6.19. The van der Waals surface area contributed by atoms with Gasteiger partial charge in [-0.25, -0.2) is 13.4 Å². The van der Waals surface area contributed by atoms with Crippen molar-refractivity contribution in [1.82, 2.24) is 19.2 Å². The predicted octanol–water partition coefficient (Wildman–Crippen LogP) is 1.43. The van der Waals surface area contributed by atoms with Gasteiger partial charge < -0.3 is 19.9 Å². The lowest BCUT2D eigenvalue weighted by molar-refractivity contribution is 0.0698. The molecule has 2 fully saturated rings. The highest BCUT2D eigenvalue weighted by molar-refractivity contribution is 7.88. The smallest absolute Gasteiger partial charge is 0.253 e. The Morgan fingerprint density at radius 2 is 1.69 bits per heavy atom. The second-order valence-corrected chi connectivity index (χ2v) is 10.00. The van der Waals surface area contributed by atoms with Gasteiger partial charge in [0.15, 0.2) is 0 Å². The first-order valence-electron chi connectivity index (χ1n) is 10.3. The minimum atomic E-state index is -3.23. The lowest BCUT2D eigenvalue weighted by Gasteiger charge is -2.33. The fourth-order valence-corrected chi connectivity index (χ4v) is 4.65. The molecule has 2 saturated heterocycles. The molecule has 1 aromatic heterocycles. The van der Waals surface area contributed by atoms with Gasteiger partial charge in [0.2, 0.25) is 16.0 Å². The lowest BCUT2D eigenvalue weighted by Crippen LogP contribution is -2.50. The highest BCUT2D eigenvalue weighted by atomic mass is 35.5. The number of amides is 1. The Morgan fingerprint density at radius 3 is 2.31 bits per heavy atom. The summed E-state index contributed by atoms with van der Waals surface area (Å²) in [4.78, 5) is 25.3. The zero-order valence-electron chi connectivity index (χ0n) is 17.7. The monoisotopic (exact) mass is 480 g/mol. The van der Waals surface area contributed by atoms with E-state index in [2.05, 4.69) is 20.2 Å². The summed E-state index contributed by atoms with van der Waals surface area (Å²) in [5.74, 6) is 0.976. The normalized spacial score (nSPS) is 17.9. The van der Waals surface area contributed by atoms with Crippen LogP contribution in [0.1, 0.15) is 10.4 Å². The quantitative estimate of drug-likeness (QED) is 0.640. The van der Waals surface area contributed by atoms with Crippen LogP contribution in [0.4, 0.5) is 17.5 Å². The fraction of sp³-hybridized carbons (Fsp3) is 0.450. The van der Waals surface area contributed by atoms with Crippen molar-refractivity contribution in [3.63, 3.8) is 0 Å². The zero-order chi connectivity index (χ0) is 22.7. The number of benzene rings is 1. The van der Waals surface area contributed by atoms with Gasteiger partial charge in [-0.3, -0.25) is 4.79 Å². The van der Waals surface area contributed by atoms with Crippen LogP contribution in [-0.2, 0) is 14.8 Å². The minimum absolute atomic E-state index is 0.127. The van der Waals surface area contributed by atoms with Crippen molar-refractivity contribution in [2.24, 2.45) is 0 Å². The average Bonchev–Trinajstić information content (AvgIpc) is 2.79. The number of carbonyl (C=O) groups is 1. The van der Waals surface area contributed by atoms with Crippen LogP contribution in [0.2, 0.25) is 5.15 Å². The number of sulfonamides is 1. The molecule has 0 spiro atoms. The zero-order valence-corrected chi connectivity index (χ0v) is 19.3. The van der Waals surface area contributed by atoms with E-state index >= 15 is 0 Å². The first kappa shape index (κ1) is 22.7. The number of aromatic nitrogens is 2. The molecule has 2 aliphatic heterocycles. The van der Waals surface area contributed by atoms with E-state index in [1.54, 1.807) is 35.2 Å². The summed E-state index contributed by atoms with van der Waals surface area (Å²) in [5.41, 5.74) is 1.25. The number of halogens is 1. The molecule has 0 unspecified atom stereocenters. The Balaban J connectivity index is 1.40. The summed E-state index contributed by atoms with van der Waals surface area (Å²) in [6.45, 7) is 4.11. The Hall–Kier alpha value is -2.47. The number of piperazine rings is 1. The SMILES string of the molecule is CS(=O)(=O)N1CCN(C(=O)c2ccc(Nc3nc(Cl)cc(N4CCOCC4)n3)cc2)CC1. The van der Waals surface area contributed by atoms with Gasteiger partial charge in [0.05, 0.1) is 19.5 Å². The molecule has 3 heterocycles. The number of hydrogen-bond donors (Lipinski definition) is 1. The summed E-state index contributed by atoms with van der Waals surface area (Å²) in [5, 5.41) is 3.47. The third kappa shape index (κ3) is 5.47. The van der Waals surface area contributed by atoms with Crippen molar-refractivity contribution in [2.75, 3.05) is 69.0 Å². The molecule has 2 aromatic rings.